The molecule has 29 heavy (non-hydrogen) atoms. The first-order valence-electron chi connectivity index (χ1n) is 9.41. The third-order valence-electron chi connectivity index (χ3n) is 4.62. The summed E-state index contributed by atoms with van der Waals surface area (Å²) < 4.78 is 26.7. The molecule has 8 heteroatoms. The molecule has 1 heterocycles. The SMILES string of the molecule is CCNC(=NCC1CC(=O)Nc2ccccc21)NCCc1ccc(F)cc1F.I. The highest BCUT2D eigenvalue weighted by atomic mass is 127. The second-order valence-corrected chi connectivity index (χ2v) is 6.67. The van der Waals surface area contributed by atoms with E-state index in [-0.39, 0.29) is 35.8 Å². The quantitative estimate of drug-likeness (QED) is 0.312. The fraction of sp³-hybridized carbons (Fsp3) is 0.333. The molecular formula is C21H25F2IN4O. The minimum atomic E-state index is -0.582. The number of hydrogen-bond acceptors (Lipinski definition) is 2. The van der Waals surface area contributed by atoms with Gasteiger partial charge < -0.3 is 16.0 Å². The van der Waals surface area contributed by atoms with Crippen molar-refractivity contribution in [1.29, 1.82) is 0 Å². The Kier molecular flexibility index (Phi) is 8.81. The van der Waals surface area contributed by atoms with Crippen LogP contribution < -0.4 is 16.0 Å². The number of guanidine groups is 1. The summed E-state index contributed by atoms with van der Waals surface area (Å²) in [6.07, 6.45) is 0.798. The summed E-state index contributed by atoms with van der Waals surface area (Å²) >= 11 is 0. The second-order valence-electron chi connectivity index (χ2n) is 6.67. The van der Waals surface area contributed by atoms with E-state index in [4.69, 9.17) is 0 Å². The van der Waals surface area contributed by atoms with E-state index in [0.29, 0.717) is 44.0 Å². The van der Waals surface area contributed by atoms with Crippen LogP contribution in [0.25, 0.3) is 0 Å². The van der Waals surface area contributed by atoms with Crippen LogP contribution in [-0.2, 0) is 11.2 Å². The highest BCUT2D eigenvalue weighted by Gasteiger charge is 2.24. The Balaban J connectivity index is 0.00000300. The fourth-order valence-corrected chi connectivity index (χ4v) is 3.25. The van der Waals surface area contributed by atoms with Gasteiger partial charge in [-0.25, -0.2) is 8.78 Å². The number of nitrogens with one attached hydrogen (secondary N) is 3. The van der Waals surface area contributed by atoms with Gasteiger partial charge in [-0.2, -0.15) is 0 Å². The highest BCUT2D eigenvalue weighted by Crippen LogP contribution is 2.31. The summed E-state index contributed by atoms with van der Waals surface area (Å²) in [5.41, 5.74) is 2.36. The van der Waals surface area contributed by atoms with E-state index in [2.05, 4.69) is 20.9 Å². The Morgan fingerprint density at radius 2 is 2.00 bits per heavy atom. The zero-order chi connectivity index (χ0) is 19.9. The van der Waals surface area contributed by atoms with Crippen LogP contribution in [0.1, 0.15) is 30.4 Å². The Morgan fingerprint density at radius 1 is 1.21 bits per heavy atom. The molecule has 2 aromatic carbocycles. The maximum atomic E-state index is 13.7. The summed E-state index contributed by atoms with van der Waals surface area (Å²) in [5, 5.41) is 9.20. The van der Waals surface area contributed by atoms with Crippen molar-refractivity contribution in [2.45, 2.75) is 25.7 Å². The van der Waals surface area contributed by atoms with Crippen molar-refractivity contribution in [1.82, 2.24) is 10.6 Å². The fourth-order valence-electron chi connectivity index (χ4n) is 3.25. The molecule has 3 N–H and O–H groups in total. The number of carbonyl (C=O) groups is 1. The van der Waals surface area contributed by atoms with E-state index >= 15 is 0 Å². The first kappa shape index (κ1) is 23.1. The third-order valence-corrected chi connectivity index (χ3v) is 4.62. The van der Waals surface area contributed by atoms with Gasteiger partial charge in [0.1, 0.15) is 11.6 Å². The molecule has 1 amide bonds. The molecule has 5 nitrogen and oxygen atoms in total. The molecule has 3 rings (SSSR count). The van der Waals surface area contributed by atoms with Crippen LogP contribution in [0.5, 0.6) is 0 Å². The molecule has 0 fully saturated rings. The lowest BCUT2D eigenvalue weighted by molar-refractivity contribution is -0.116. The van der Waals surface area contributed by atoms with E-state index in [1.165, 1.54) is 12.1 Å². The first-order chi connectivity index (χ1) is 13.6. The molecule has 0 saturated carbocycles. The van der Waals surface area contributed by atoms with Gasteiger partial charge in [0, 0.05) is 37.2 Å². The van der Waals surface area contributed by atoms with Crippen LogP contribution >= 0.6 is 24.0 Å². The lowest BCUT2D eigenvalue weighted by Crippen LogP contribution is -2.39. The van der Waals surface area contributed by atoms with Crippen molar-refractivity contribution >= 4 is 41.5 Å². The number of rotatable bonds is 6. The molecule has 0 aliphatic carbocycles. The van der Waals surface area contributed by atoms with Crippen LogP contribution in [0, 0.1) is 11.6 Å². The van der Waals surface area contributed by atoms with E-state index in [1.807, 2.05) is 31.2 Å². The van der Waals surface area contributed by atoms with Crippen LogP contribution in [0.3, 0.4) is 0 Å². The standard InChI is InChI=1S/C21H24F2N4O.HI/c1-2-24-21(25-10-9-14-7-8-16(22)12-18(14)23)26-13-15-11-20(28)27-19-6-4-3-5-17(15)19;/h3-8,12,15H,2,9-11,13H2,1H3,(H,27,28)(H2,24,25,26);1H. The number of carbonyl (C=O) groups excluding carboxylic acids is 1. The summed E-state index contributed by atoms with van der Waals surface area (Å²) in [5.74, 6) is -0.526. The molecule has 1 atom stereocenters. The molecule has 156 valence electrons. The molecule has 1 aliphatic heterocycles. The van der Waals surface area contributed by atoms with Crippen molar-refractivity contribution in [2.24, 2.45) is 4.99 Å². The van der Waals surface area contributed by atoms with Crippen LogP contribution in [0.4, 0.5) is 14.5 Å². The molecule has 1 aliphatic rings. The van der Waals surface area contributed by atoms with Gasteiger partial charge in [-0.1, -0.05) is 24.3 Å². The lowest BCUT2D eigenvalue weighted by atomic mass is 9.91. The smallest absolute Gasteiger partial charge is 0.225 e. The first-order valence-corrected chi connectivity index (χ1v) is 9.41. The maximum Gasteiger partial charge on any atom is 0.225 e. The Bertz CT molecular complexity index is 876. The zero-order valence-corrected chi connectivity index (χ0v) is 18.5. The number of para-hydroxylation sites is 1. The van der Waals surface area contributed by atoms with Gasteiger partial charge in [0.15, 0.2) is 5.96 Å². The van der Waals surface area contributed by atoms with Crippen LogP contribution in [0.15, 0.2) is 47.5 Å². The molecule has 0 spiro atoms. The zero-order valence-electron chi connectivity index (χ0n) is 16.2. The largest absolute Gasteiger partial charge is 0.357 e. The summed E-state index contributed by atoms with van der Waals surface area (Å²) in [7, 11) is 0. The van der Waals surface area contributed by atoms with E-state index < -0.39 is 11.6 Å². The number of halogens is 3. The molecule has 1 unspecified atom stereocenters. The summed E-state index contributed by atoms with van der Waals surface area (Å²) in [4.78, 5) is 16.5. The molecule has 2 aromatic rings. The number of amides is 1. The van der Waals surface area contributed by atoms with Crippen molar-refractivity contribution in [2.75, 3.05) is 25.0 Å². The van der Waals surface area contributed by atoms with E-state index in [9.17, 15) is 13.6 Å². The topological polar surface area (TPSA) is 65.5 Å². The Morgan fingerprint density at radius 3 is 2.76 bits per heavy atom. The van der Waals surface area contributed by atoms with E-state index in [0.717, 1.165) is 17.3 Å². The van der Waals surface area contributed by atoms with Crippen LogP contribution in [0.2, 0.25) is 0 Å². The van der Waals surface area contributed by atoms with Gasteiger partial charge in [0.25, 0.3) is 0 Å². The summed E-state index contributed by atoms with van der Waals surface area (Å²) in [6, 6.07) is 11.3. The number of nitrogens with zero attached hydrogens (tertiary/aromatic N) is 1. The van der Waals surface area contributed by atoms with Crippen molar-refractivity contribution in [3.8, 4) is 0 Å². The van der Waals surface area contributed by atoms with Crippen molar-refractivity contribution < 1.29 is 13.6 Å². The van der Waals surface area contributed by atoms with Crippen molar-refractivity contribution in [3.05, 3.63) is 65.2 Å². The molecule has 0 bridgehead atoms. The number of benzene rings is 2. The van der Waals surface area contributed by atoms with Gasteiger partial charge in [0.2, 0.25) is 5.91 Å². The van der Waals surface area contributed by atoms with Crippen molar-refractivity contribution in [3.63, 3.8) is 0 Å². The van der Waals surface area contributed by atoms with E-state index in [1.54, 1.807) is 0 Å². The minimum Gasteiger partial charge on any atom is -0.357 e. The number of fused-ring (bicyclic) bond motifs is 1. The Labute approximate surface area is 186 Å². The Hall–Kier alpha value is -2.23. The predicted octanol–water partition coefficient (Wildman–Crippen LogP) is 3.81. The van der Waals surface area contributed by atoms with Crippen LogP contribution in [-0.4, -0.2) is 31.5 Å². The minimum absolute atomic E-state index is 0. The monoisotopic (exact) mass is 514 g/mol. The second kappa shape index (κ2) is 11.1. The van der Waals surface area contributed by atoms with Gasteiger partial charge in [-0.05, 0) is 36.6 Å². The number of aliphatic imine (C=N–C) groups is 1. The number of anilines is 1. The maximum absolute atomic E-state index is 13.7. The molecule has 0 saturated heterocycles. The third kappa shape index (κ3) is 6.38. The van der Waals surface area contributed by atoms with Gasteiger partial charge >= 0.3 is 0 Å². The lowest BCUT2D eigenvalue weighted by Gasteiger charge is -2.24. The molecule has 0 aromatic heterocycles. The molecule has 0 radical (unpaired) electrons. The van der Waals surface area contributed by atoms with Gasteiger partial charge in [-0.3, -0.25) is 9.79 Å². The predicted molar refractivity (Wildman–Crippen MR) is 122 cm³/mol. The van der Waals surface area contributed by atoms with Gasteiger partial charge in [-0.15, -0.1) is 24.0 Å². The summed E-state index contributed by atoms with van der Waals surface area (Å²) in [6.45, 7) is 3.56. The molecular weight excluding hydrogens is 489 g/mol. The average molecular weight is 514 g/mol. The van der Waals surface area contributed by atoms with Gasteiger partial charge in [0.05, 0.1) is 6.54 Å². The average Bonchev–Trinajstić information content (AvgIpc) is 2.67. The normalized spacial score (nSPS) is 15.8. The number of hydrogen-bond donors (Lipinski definition) is 3. The highest BCUT2D eigenvalue weighted by molar-refractivity contribution is 14.0.